The molecular formula is C12H18F3N3O3. The van der Waals surface area contributed by atoms with Gasteiger partial charge < -0.3 is 9.47 Å². The van der Waals surface area contributed by atoms with Gasteiger partial charge in [-0.2, -0.15) is 13.2 Å². The Morgan fingerprint density at radius 3 is 2.38 bits per heavy atom. The van der Waals surface area contributed by atoms with Crippen LogP contribution in [0.2, 0.25) is 0 Å². The van der Waals surface area contributed by atoms with Crippen molar-refractivity contribution in [2.24, 2.45) is 0 Å². The molecule has 0 unspecified atom stereocenters. The molecule has 0 radical (unpaired) electrons. The van der Waals surface area contributed by atoms with Gasteiger partial charge in [-0.1, -0.05) is 5.21 Å². The zero-order valence-electron chi connectivity index (χ0n) is 12.3. The molecule has 1 aromatic heterocycles. The highest BCUT2D eigenvalue weighted by molar-refractivity contribution is 5.88. The molecule has 0 aliphatic heterocycles. The van der Waals surface area contributed by atoms with E-state index in [9.17, 15) is 18.0 Å². The lowest BCUT2D eigenvalue weighted by Crippen LogP contribution is -2.25. The first-order valence-electron chi connectivity index (χ1n) is 6.38. The Labute approximate surface area is 120 Å². The summed E-state index contributed by atoms with van der Waals surface area (Å²) in [6.45, 7) is 6.63. The van der Waals surface area contributed by atoms with Crippen molar-refractivity contribution in [2.75, 3.05) is 13.2 Å². The second kappa shape index (κ2) is 6.42. The highest BCUT2D eigenvalue weighted by Crippen LogP contribution is 2.31. The van der Waals surface area contributed by atoms with Gasteiger partial charge in [0, 0.05) is 0 Å². The van der Waals surface area contributed by atoms with Crippen molar-refractivity contribution in [3.63, 3.8) is 0 Å². The minimum Gasteiger partial charge on any atom is -0.461 e. The molecule has 0 N–H and O–H groups in total. The molecule has 1 aromatic rings. The van der Waals surface area contributed by atoms with E-state index in [0.717, 1.165) is 0 Å². The van der Waals surface area contributed by atoms with Gasteiger partial charge in [0.25, 0.3) is 0 Å². The van der Waals surface area contributed by atoms with E-state index in [4.69, 9.17) is 4.74 Å². The van der Waals surface area contributed by atoms with Gasteiger partial charge in [-0.3, -0.25) is 0 Å². The van der Waals surface area contributed by atoms with Gasteiger partial charge in [-0.25, -0.2) is 9.48 Å². The minimum absolute atomic E-state index is 0.0121. The fourth-order valence-electron chi connectivity index (χ4n) is 1.53. The molecule has 6 nitrogen and oxygen atoms in total. The maximum atomic E-state index is 13.1. The Kier molecular flexibility index (Phi) is 5.32. The Hall–Kier alpha value is -1.64. The van der Waals surface area contributed by atoms with Crippen molar-refractivity contribution >= 4 is 5.97 Å². The molecule has 0 atom stereocenters. The van der Waals surface area contributed by atoms with E-state index < -0.39 is 29.1 Å². The third-order valence-corrected chi connectivity index (χ3v) is 2.31. The van der Waals surface area contributed by atoms with Crippen molar-refractivity contribution in [3.05, 3.63) is 11.4 Å². The summed E-state index contributed by atoms with van der Waals surface area (Å²) in [5, 5.41) is 6.65. The minimum atomic E-state index is -4.76. The van der Waals surface area contributed by atoms with E-state index in [2.05, 4.69) is 15.0 Å². The molecule has 0 bridgehead atoms. The second-order valence-electron chi connectivity index (χ2n) is 5.19. The van der Waals surface area contributed by atoms with Crippen molar-refractivity contribution in [1.82, 2.24) is 15.0 Å². The Balaban J connectivity index is 2.97. The number of nitrogens with zero attached hydrogens (tertiary/aromatic N) is 3. The normalized spacial score (nSPS) is 12.5. The number of halogens is 3. The number of hydrogen-bond acceptors (Lipinski definition) is 5. The van der Waals surface area contributed by atoms with Gasteiger partial charge in [0.05, 0.1) is 25.4 Å². The van der Waals surface area contributed by atoms with E-state index in [0.29, 0.717) is 4.68 Å². The van der Waals surface area contributed by atoms with Crippen molar-refractivity contribution in [2.45, 2.75) is 46.0 Å². The SMILES string of the molecule is CCOC(=O)c1nnn(CCOC(C)(C)C)c1C(F)(F)F. The van der Waals surface area contributed by atoms with E-state index >= 15 is 0 Å². The molecule has 1 heterocycles. The van der Waals surface area contributed by atoms with Crippen molar-refractivity contribution in [3.8, 4) is 0 Å². The maximum absolute atomic E-state index is 13.1. The van der Waals surface area contributed by atoms with E-state index in [1.807, 2.05) is 0 Å². The van der Waals surface area contributed by atoms with Gasteiger partial charge >= 0.3 is 12.1 Å². The number of carbonyl (C=O) groups excluding carboxylic acids is 1. The quantitative estimate of drug-likeness (QED) is 0.781. The molecule has 0 amide bonds. The fourth-order valence-corrected chi connectivity index (χ4v) is 1.53. The van der Waals surface area contributed by atoms with Crippen LogP contribution in [0, 0.1) is 0 Å². The van der Waals surface area contributed by atoms with Gasteiger partial charge in [0.15, 0.2) is 5.69 Å². The number of carbonyl (C=O) groups is 1. The van der Waals surface area contributed by atoms with Crippen LogP contribution >= 0.6 is 0 Å². The lowest BCUT2D eigenvalue weighted by atomic mass is 10.2. The average Bonchev–Trinajstić information content (AvgIpc) is 2.71. The molecule has 120 valence electrons. The fraction of sp³-hybridized carbons (Fsp3) is 0.750. The third-order valence-electron chi connectivity index (χ3n) is 2.31. The average molecular weight is 309 g/mol. The van der Waals surface area contributed by atoms with Crippen LogP contribution in [0.1, 0.15) is 43.9 Å². The highest BCUT2D eigenvalue weighted by atomic mass is 19.4. The van der Waals surface area contributed by atoms with Crippen LogP contribution in [0.3, 0.4) is 0 Å². The number of esters is 1. The molecule has 9 heteroatoms. The topological polar surface area (TPSA) is 66.2 Å². The molecule has 1 rings (SSSR count). The number of rotatable bonds is 5. The van der Waals surface area contributed by atoms with Crippen LogP contribution in [0.4, 0.5) is 13.2 Å². The number of hydrogen-bond donors (Lipinski definition) is 0. The second-order valence-corrected chi connectivity index (χ2v) is 5.19. The first kappa shape index (κ1) is 17.4. The third kappa shape index (κ3) is 5.00. The summed E-state index contributed by atoms with van der Waals surface area (Å²) in [4.78, 5) is 11.5. The van der Waals surface area contributed by atoms with Gasteiger partial charge in [-0.05, 0) is 27.7 Å². The first-order chi connectivity index (χ1) is 9.56. The monoisotopic (exact) mass is 309 g/mol. The van der Waals surface area contributed by atoms with E-state index in [-0.39, 0.29) is 19.8 Å². The predicted molar refractivity (Wildman–Crippen MR) is 66.7 cm³/mol. The lowest BCUT2D eigenvalue weighted by Gasteiger charge is -2.19. The van der Waals surface area contributed by atoms with Gasteiger partial charge in [-0.15, -0.1) is 5.10 Å². The number of aromatic nitrogens is 3. The van der Waals surface area contributed by atoms with Crippen LogP contribution < -0.4 is 0 Å². The summed E-state index contributed by atoms with van der Waals surface area (Å²) in [5.74, 6) is -1.15. The summed E-state index contributed by atoms with van der Waals surface area (Å²) >= 11 is 0. The molecule has 0 aliphatic carbocycles. The van der Waals surface area contributed by atoms with Gasteiger partial charge in [0.1, 0.15) is 0 Å². The molecule has 21 heavy (non-hydrogen) atoms. The predicted octanol–water partition coefficient (Wildman–Crippen LogP) is 2.29. The largest absolute Gasteiger partial charge is 0.461 e. The zero-order valence-corrected chi connectivity index (χ0v) is 12.3. The Bertz CT molecular complexity index is 492. The van der Waals surface area contributed by atoms with Gasteiger partial charge in [0.2, 0.25) is 5.69 Å². The molecule has 0 aliphatic rings. The Morgan fingerprint density at radius 2 is 1.90 bits per heavy atom. The van der Waals surface area contributed by atoms with E-state index in [1.165, 1.54) is 6.92 Å². The van der Waals surface area contributed by atoms with Crippen LogP contribution in [0.5, 0.6) is 0 Å². The zero-order chi connectivity index (χ0) is 16.3. The smallest absolute Gasteiger partial charge is 0.435 e. The molecule has 0 saturated carbocycles. The highest BCUT2D eigenvalue weighted by Gasteiger charge is 2.42. The molecule has 0 aromatic carbocycles. The number of alkyl halides is 3. The summed E-state index contributed by atoms with van der Waals surface area (Å²) in [6, 6.07) is 0. The molecular weight excluding hydrogens is 291 g/mol. The van der Waals surface area contributed by atoms with Crippen molar-refractivity contribution < 1.29 is 27.4 Å². The van der Waals surface area contributed by atoms with Crippen LogP contribution in [0.25, 0.3) is 0 Å². The maximum Gasteiger partial charge on any atom is 0.435 e. The van der Waals surface area contributed by atoms with Crippen LogP contribution in [-0.4, -0.2) is 39.8 Å². The number of ether oxygens (including phenoxy) is 2. The molecule has 0 fully saturated rings. The molecule has 0 saturated heterocycles. The summed E-state index contributed by atoms with van der Waals surface area (Å²) < 4.78 is 49.7. The van der Waals surface area contributed by atoms with Crippen LogP contribution in [-0.2, 0) is 22.2 Å². The lowest BCUT2D eigenvalue weighted by molar-refractivity contribution is -0.145. The standard InChI is InChI=1S/C12H18F3N3O3/c1-5-20-10(19)8-9(12(13,14)15)18(17-16-8)6-7-21-11(2,3)4/h5-7H2,1-4H3. The first-order valence-corrected chi connectivity index (χ1v) is 6.38. The summed E-state index contributed by atoms with van der Waals surface area (Å²) in [7, 11) is 0. The Morgan fingerprint density at radius 1 is 1.29 bits per heavy atom. The summed E-state index contributed by atoms with van der Waals surface area (Å²) in [5.41, 5.74) is -2.54. The van der Waals surface area contributed by atoms with Crippen LogP contribution in [0.15, 0.2) is 0 Å². The summed E-state index contributed by atoms with van der Waals surface area (Å²) in [6.07, 6.45) is -4.76. The molecule has 0 spiro atoms. The van der Waals surface area contributed by atoms with E-state index in [1.54, 1.807) is 20.8 Å². The van der Waals surface area contributed by atoms with Crippen molar-refractivity contribution in [1.29, 1.82) is 0 Å².